The van der Waals surface area contributed by atoms with E-state index in [-0.39, 0.29) is 10.8 Å². The van der Waals surface area contributed by atoms with Gasteiger partial charge in [-0.1, -0.05) is 53.8 Å². The van der Waals surface area contributed by atoms with E-state index in [9.17, 15) is 13.7 Å². The van der Waals surface area contributed by atoms with E-state index >= 15 is 0 Å². The number of thiazole rings is 1. The molecule has 2 heterocycles. The minimum Gasteiger partial charge on any atom is -0.497 e. The lowest BCUT2D eigenvalue weighted by atomic mass is 9.89. The van der Waals surface area contributed by atoms with E-state index in [0.29, 0.717) is 28.0 Å². The highest BCUT2D eigenvalue weighted by Crippen LogP contribution is 2.47. The van der Waals surface area contributed by atoms with Crippen molar-refractivity contribution in [3.63, 3.8) is 0 Å². The van der Waals surface area contributed by atoms with Gasteiger partial charge in [0.15, 0.2) is 5.13 Å². The molecular formula is C27H21N5O4S2. The molecule has 1 aliphatic rings. The summed E-state index contributed by atoms with van der Waals surface area (Å²) in [6.07, 6.45) is 1.64. The third-order valence-corrected chi connectivity index (χ3v) is 7.68. The predicted molar refractivity (Wildman–Crippen MR) is 145 cm³/mol. The molecule has 190 valence electrons. The summed E-state index contributed by atoms with van der Waals surface area (Å²) >= 11 is 1.33. The molecule has 11 heteroatoms. The topological polar surface area (TPSA) is 140 Å². The van der Waals surface area contributed by atoms with Crippen LogP contribution in [-0.2, 0) is 10.0 Å². The second-order valence-corrected chi connectivity index (χ2v) is 10.8. The van der Waals surface area contributed by atoms with Crippen molar-refractivity contribution in [2.24, 2.45) is 10.1 Å². The lowest BCUT2D eigenvalue weighted by Crippen LogP contribution is -2.14. The van der Waals surface area contributed by atoms with Crippen molar-refractivity contribution in [3.8, 4) is 17.7 Å². The number of benzene rings is 3. The monoisotopic (exact) mass is 543 g/mol. The number of aliphatic imine (C=N–C) groups is 1. The second kappa shape index (κ2) is 10.5. The Morgan fingerprint density at radius 1 is 1.11 bits per heavy atom. The summed E-state index contributed by atoms with van der Waals surface area (Å²) < 4.78 is 34.5. The molecule has 5 rings (SSSR count). The van der Waals surface area contributed by atoms with Crippen molar-refractivity contribution in [3.05, 3.63) is 106 Å². The van der Waals surface area contributed by atoms with Gasteiger partial charge in [-0.05, 0) is 47.5 Å². The number of hydrogen-bond acceptors (Lipinski definition) is 9. The summed E-state index contributed by atoms with van der Waals surface area (Å²) in [5, 5.41) is 19.0. The fourth-order valence-corrected chi connectivity index (χ4v) is 5.44. The maximum atomic E-state index is 11.6. The van der Waals surface area contributed by atoms with Gasteiger partial charge in [0.25, 0.3) is 0 Å². The number of nitriles is 1. The quantitative estimate of drug-likeness (QED) is 0.315. The van der Waals surface area contributed by atoms with Gasteiger partial charge in [-0.3, -0.25) is 0 Å². The average Bonchev–Trinajstić information content (AvgIpc) is 3.33. The maximum Gasteiger partial charge on any atom is 0.238 e. The summed E-state index contributed by atoms with van der Waals surface area (Å²) in [6.45, 7) is 0. The molecule has 3 N–H and O–H groups in total. The third-order valence-electron chi connectivity index (χ3n) is 5.73. The van der Waals surface area contributed by atoms with Gasteiger partial charge in [-0.25, -0.2) is 18.5 Å². The van der Waals surface area contributed by atoms with Crippen LogP contribution in [0.1, 0.15) is 21.9 Å². The van der Waals surface area contributed by atoms with Crippen molar-refractivity contribution in [1.82, 2.24) is 4.98 Å². The summed E-state index contributed by atoms with van der Waals surface area (Å²) in [5.41, 5.74) is 2.67. The van der Waals surface area contributed by atoms with Crippen molar-refractivity contribution in [2.75, 3.05) is 12.4 Å². The molecule has 0 aliphatic carbocycles. The Hall–Kier alpha value is -4.50. The molecule has 38 heavy (non-hydrogen) atoms. The minimum atomic E-state index is -3.80. The van der Waals surface area contributed by atoms with Crippen LogP contribution in [0, 0.1) is 11.3 Å². The number of anilines is 2. The average molecular weight is 544 g/mol. The van der Waals surface area contributed by atoms with E-state index in [4.69, 9.17) is 14.6 Å². The van der Waals surface area contributed by atoms with E-state index in [2.05, 4.69) is 21.4 Å². The molecule has 0 spiro atoms. The van der Waals surface area contributed by atoms with E-state index in [0.717, 1.165) is 16.0 Å². The van der Waals surface area contributed by atoms with E-state index in [1.165, 1.54) is 23.5 Å². The second-order valence-electron chi connectivity index (χ2n) is 8.19. The fraction of sp³-hybridized carbons (Fsp3) is 0.0741. The van der Waals surface area contributed by atoms with Gasteiger partial charge in [0.1, 0.15) is 17.4 Å². The zero-order valence-electron chi connectivity index (χ0n) is 20.0. The first-order chi connectivity index (χ1) is 18.4. The highest BCUT2D eigenvalue weighted by molar-refractivity contribution is 7.89. The molecule has 1 unspecified atom stereocenters. The number of allylic oxidation sites excluding steroid dienone is 1. The van der Waals surface area contributed by atoms with Crippen molar-refractivity contribution < 1.29 is 17.9 Å². The van der Waals surface area contributed by atoms with Crippen LogP contribution in [-0.4, -0.2) is 26.7 Å². The molecule has 0 radical (unpaired) electrons. The minimum absolute atomic E-state index is 0.00756. The van der Waals surface area contributed by atoms with Gasteiger partial charge in [-0.15, -0.1) is 0 Å². The zero-order valence-corrected chi connectivity index (χ0v) is 21.7. The van der Waals surface area contributed by atoms with E-state index in [1.807, 2.05) is 54.6 Å². The first-order valence-electron chi connectivity index (χ1n) is 11.3. The molecule has 1 atom stereocenters. The Balaban J connectivity index is 1.53. The van der Waals surface area contributed by atoms with E-state index < -0.39 is 15.9 Å². The maximum absolute atomic E-state index is 11.6. The summed E-state index contributed by atoms with van der Waals surface area (Å²) in [6, 6.07) is 25.3. The number of hydrogen-bond donors (Lipinski definition) is 2. The van der Waals surface area contributed by atoms with Gasteiger partial charge in [-0.2, -0.15) is 10.2 Å². The fourth-order valence-electron chi connectivity index (χ4n) is 3.87. The van der Waals surface area contributed by atoms with Crippen LogP contribution < -0.4 is 19.9 Å². The smallest absolute Gasteiger partial charge is 0.238 e. The van der Waals surface area contributed by atoms with Gasteiger partial charge in [0.05, 0.1) is 22.8 Å². The van der Waals surface area contributed by atoms with Crippen molar-refractivity contribution in [1.29, 1.82) is 5.26 Å². The van der Waals surface area contributed by atoms with Crippen LogP contribution in [0.15, 0.2) is 100 Å². The SMILES string of the molecule is COc1ccc(C2C(C#N)=C(/N=C/c3ccccc3)Oc3nc(Nc4ccc(S(N)(=O)=O)cc4)sc32)cc1. The highest BCUT2D eigenvalue weighted by atomic mass is 32.2. The Morgan fingerprint density at radius 2 is 1.82 bits per heavy atom. The van der Waals surface area contributed by atoms with Crippen LogP contribution in [0.3, 0.4) is 0 Å². The predicted octanol–water partition coefficient (Wildman–Crippen LogP) is 4.92. The molecular weight excluding hydrogens is 522 g/mol. The number of sulfonamides is 1. The molecule has 0 amide bonds. The highest BCUT2D eigenvalue weighted by Gasteiger charge is 2.35. The summed E-state index contributed by atoms with van der Waals surface area (Å²) in [7, 11) is -2.21. The van der Waals surface area contributed by atoms with Crippen LogP contribution >= 0.6 is 11.3 Å². The van der Waals surface area contributed by atoms with Gasteiger partial charge >= 0.3 is 0 Å². The normalized spacial score (nSPS) is 15.0. The number of rotatable bonds is 7. The number of nitrogens with zero attached hydrogens (tertiary/aromatic N) is 3. The zero-order chi connectivity index (χ0) is 26.7. The Morgan fingerprint density at radius 3 is 2.45 bits per heavy atom. The Kier molecular flexibility index (Phi) is 6.93. The molecule has 0 saturated carbocycles. The number of fused-ring (bicyclic) bond motifs is 1. The number of aromatic nitrogens is 1. The molecule has 0 saturated heterocycles. The first-order valence-corrected chi connectivity index (χ1v) is 13.7. The summed E-state index contributed by atoms with van der Waals surface area (Å²) in [4.78, 5) is 9.84. The van der Waals surface area contributed by atoms with Crippen molar-refractivity contribution in [2.45, 2.75) is 10.8 Å². The van der Waals surface area contributed by atoms with Crippen molar-refractivity contribution >= 4 is 38.4 Å². The number of primary sulfonamides is 1. The Bertz CT molecular complexity index is 1670. The molecule has 9 nitrogen and oxygen atoms in total. The molecule has 0 fully saturated rings. The third kappa shape index (κ3) is 5.28. The van der Waals surface area contributed by atoms with Gasteiger partial charge in [0, 0.05) is 11.9 Å². The largest absolute Gasteiger partial charge is 0.497 e. The standard InChI is InChI=1S/C27H21N5O4S2/c1-35-20-11-7-18(8-12-20)23-22(15-28)25(30-16-17-5-3-2-4-6-17)36-26-24(23)37-27(32-26)31-19-9-13-21(14-10-19)38(29,33)34/h2-14,16,23H,1H3,(H,31,32)(H2,29,33,34)/b30-16+. The molecule has 1 aromatic heterocycles. The number of nitrogens with one attached hydrogen (secondary N) is 1. The van der Waals surface area contributed by atoms with Crippen LogP contribution in [0.2, 0.25) is 0 Å². The van der Waals surface area contributed by atoms with Crippen LogP contribution in [0.5, 0.6) is 11.6 Å². The molecule has 4 aromatic rings. The summed E-state index contributed by atoms with van der Waals surface area (Å²) in [5.74, 6) is 0.730. The van der Waals surface area contributed by atoms with E-state index in [1.54, 1.807) is 25.5 Å². The lowest BCUT2D eigenvalue weighted by Gasteiger charge is -2.22. The molecule has 3 aromatic carbocycles. The van der Waals surface area contributed by atoms with Gasteiger partial charge < -0.3 is 14.8 Å². The molecule has 1 aliphatic heterocycles. The number of methoxy groups -OCH3 is 1. The number of ether oxygens (including phenoxy) is 2. The van der Waals surface area contributed by atoms with Crippen LogP contribution in [0.4, 0.5) is 10.8 Å². The first kappa shape index (κ1) is 25.2. The lowest BCUT2D eigenvalue weighted by molar-refractivity contribution is 0.384. The number of nitrogens with two attached hydrogens (primary N) is 1. The van der Waals surface area contributed by atoms with Gasteiger partial charge in [0.2, 0.25) is 21.8 Å². The van der Waals surface area contributed by atoms with Crippen LogP contribution in [0.25, 0.3) is 0 Å². The molecule has 0 bridgehead atoms. The Labute approximate surface area is 223 Å².